The third kappa shape index (κ3) is 4.39. The minimum atomic E-state index is -0.390. The van der Waals surface area contributed by atoms with E-state index in [1.165, 1.54) is 38.5 Å². The highest BCUT2D eigenvalue weighted by molar-refractivity contribution is 5.69. The van der Waals surface area contributed by atoms with Gasteiger partial charge in [-0.15, -0.1) is 0 Å². The Balaban J connectivity index is 2.07. The second-order valence-corrected chi connectivity index (χ2v) is 7.47. The van der Waals surface area contributed by atoms with Crippen LogP contribution < -0.4 is 0 Å². The van der Waals surface area contributed by atoms with Gasteiger partial charge in [-0.2, -0.15) is 0 Å². The van der Waals surface area contributed by atoms with Crippen molar-refractivity contribution < 1.29 is 9.53 Å². The van der Waals surface area contributed by atoms with Gasteiger partial charge in [-0.1, -0.05) is 38.5 Å². The fourth-order valence-corrected chi connectivity index (χ4v) is 3.63. The predicted octanol–water partition coefficient (Wildman–Crippen LogP) is 4.89. The molecule has 2 fully saturated rings. The van der Waals surface area contributed by atoms with Crippen molar-refractivity contribution in [2.45, 2.75) is 103 Å². The van der Waals surface area contributed by atoms with Crippen LogP contribution in [0.3, 0.4) is 0 Å². The van der Waals surface area contributed by atoms with Crippen LogP contribution in [0.4, 0.5) is 4.79 Å². The third-order valence-corrected chi connectivity index (χ3v) is 4.54. The van der Waals surface area contributed by atoms with Crippen molar-refractivity contribution >= 4 is 6.09 Å². The molecule has 116 valence electrons. The Hall–Kier alpha value is -0.730. The number of hydrogen-bond acceptors (Lipinski definition) is 2. The molecule has 3 heteroatoms. The van der Waals surface area contributed by atoms with Gasteiger partial charge < -0.3 is 9.64 Å². The van der Waals surface area contributed by atoms with Gasteiger partial charge >= 0.3 is 6.09 Å². The second-order valence-electron chi connectivity index (χ2n) is 7.47. The van der Waals surface area contributed by atoms with E-state index >= 15 is 0 Å². The lowest BCUT2D eigenvalue weighted by Crippen LogP contribution is -2.50. The first-order valence-corrected chi connectivity index (χ1v) is 8.49. The van der Waals surface area contributed by atoms with Crippen LogP contribution in [0.25, 0.3) is 0 Å². The maximum absolute atomic E-state index is 12.7. The van der Waals surface area contributed by atoms with Crippen LogP contribution in [-0.4, -0.2) is 28.7 Å². The van der Waals surface area contributed by atoms with Gasteiger partial charge in [-0.3, -0.25) is 0 Å². The number of amides is 1. The van der Waals surface area contributed by atoms with Crippen molar-refractivity contribution in [1.82, 2.24) is 4.90 Å². The van der Waals surface area contributed by atoms with E-state index in [1.807, 2.05) is 20.8 Å². The standard InChI is InChI=1S/C17H31NO2/c1-17(2,3)20-16(19)18(14-10-6-4-7-11-14)15-12-8-5-9-13-15/h14-15H,4-13H2,1-3H3. The third-order valence-electron chi connectivity index (χ3n) is 4.54. The Labute approximate surface area is 124 Å². The zero-order valence-electron chi connectivity index (χ0n) is 13.5. The maximum Gasteiger partial charge on any atom is 0.410 e. The first kappa shape index (κ1) is 15.7. The van der Waals surface area contributed by atoms with Gasteiger partial charge in [0.15, 0.2) is 0 Å². The zero-order chi connectivity index (χ0) is 14.6. The van der Waals surface area contributed by atoms with Crippen molar-refractivity contribution in [2.24, 2.45) is 0 Å². The van der Waals surface area contributed by atoms with Gasteiger partial charge in [0.05, 0.1) is 0 Å². The molecule has 0 bridgehead atoms. The maximum atomic E-state index is 12.7. The van der Waals surface area contributed by atoms with E-state index in [0.717, 1.165) is 25.7 Å². The van der Waals surface area contributed by atoms with Crippen LogP contribution >= 0.6 is 0 Å². The topological polar surface area (TPSA) is 29.5 Å². The summed E-state index contributed by atoms with van der Waals surface area (Å²) in [4.78, 5) is 14.8. The molecule has 0 heterocycles. The molecule has 3 nitrogen and oxygen atoms in total. The SMILES string of the molecule is CC(C)(C)OC(=O)N(C1CCCCC1)C1CCCCC1. The number of hydrogen-bond donors (Lipinski definition) is 0. The Morgan fingerprint density at radius 1 is 0.850 bits per heavy atom. The Morgan fingerprint density at radius 2 is 1.25 bits per heavy atom. The minimum Gasteiger partial charge on any atom is -0.444 e. The summed E-state index contributed by atoms with van der Waals surface area (Å²) in [7, 11) is 0. The molecule has 0 unspecified atom stereocenters. The highest BCUT2D eigenvalue weighted by Gasteiger charge is 2.35. The van der Waals surface area contributed by atoms with Gasteiger partial charge in [0.1, 0.15) is 5.60 Å². The Morgan fingerprint density at radius 3 is 1.60 bits per heavy atom. The van der Waals surface area contributed by atoms with Crippen molar-refractivity contribution in [3.05, 3.63) is 0 Å². The Kier molecular flexibility index (Phi) is 5.34. The molecule has 20 heavy (non-hydrogen) atoms. The van der Waals surface area contributed by atoms with Crippen LogP contribution in [0.5, 0.6) is 0 Å². The quantitative estimate of drug-likeness (QED) is 0.721. The van der Waals surface area contributed by atoms with Crippen LogP contribution in [0.2, 0.25) is 0 Å². The number of nitrogens with zero attached hydrogens (tertiary/aromatic N) is 1. The number of rotatable bonds is 2. The van der Waals surface area contributed by atoms with Gasteiger partial charge in [0.25, 0.3) is 0 Å². The van der Waals surface area contributed by atoms with E-state index in [9.17, 15) is 4.79 Å². The average molecular weight is 281 g/mol. The smallest absolute Gasteiger partial charge is 0.410 e. The van der Waals surface area contributed by atoms with Crippen LogP contribution in [-0.2, 0) is 4.74 Å². The molecule has 2 aliphatic rings. The molecular weight excluding hydrogens is 250 g/mol. The molecule has 2 aliphatic carbocycles. The lowest BCUT2D eigenvalue weighted by atomic mass is 9.89. The summed E-state index contributed by atoms with van der Waals surface area (Å²) in [6.07, 6.45) is 12.3. The summed E-state index contributed by atoms with van der Waals surface area (Å²) in [5.41, 5.74) is -0.390. The molecular formula is C17H31NO2. The molecule has 0 atom stereocenters. The molecule has 0 aromatic heterocycles. The van der Waals surface area contributed by atoms with Gasteiger partial charge in [-0.05, 0) is 46.5 Å². The van der Waals surface area contributed by atoms with E-state index < -0.39 is 5.60 Å². The molecule has 0 spiro atoms. The molecule has 0 radical (unpaired) electrons. The first-order valence-electron chi connectivity index (χ1n) is 8.49. The van der Waals surface area contributed by atoms with E-state index in [4.69, 9.17) is 4.74 Å². The highest BCUT2D eigenvalue weighted by atomic mass is 16.6. The summed E-state index contributed by atoms with van der Waals surface area (Å²) in [6, 6.07) is 0.836. The number of carbonyl (C=O) groups is 1. The molecule has 0 aromatic carbocycles. The predicted molar refractivity (Wildman–Crippen MR) is 81.8 cm³/mol. The van der Waals surface area contributed by atoms with Gasteiger partial charge in [0, 0.05) is 12.1 Å². The molecule has 1 amide bonds. The Bertz CT molecular complexity index is 291. The fourth-order valence-electron chi connectivity index (χ4n) is 3.63. The van der Waals surface area contributed by atoms with Crippen LogP contribution in [0.15, 0.2) is 0 Å². The molecule has 2 rings (SSSR count). The molecule has 2 saturated carbocycles. The van der Waals surface area contributed by atoms with E-state index in [0.29, 0.717) is 12.1 Å². The summed E-state index contributed by atoms with van der Waals surface area (Å²) in [5, 5.41) is 0. The summed E-state index contributed by atoms with van der Waals surface area (Å²) >= 11 is 0. The number of ether oxygens (including phenoxy) is 1. The summed E-state index contributed by atoms with van der Waals surface area (Å²) in [6.45, 7) is 5.89. The summed E-state index contributed by atoms with van der Waals surface area (Å²) < 4.78 is 5.69. The molecule has 0 aliphatic heterocycles. The lowest BCUT2D eigenvalue weighted by Gasteiger charge is -2.42. The number of carbonyl (C=O) groups excluding carboxylic acids is 1. The molecule has 0 aromatic rings. The minimum absolute atomic E-state index is 0.0729. The monoisotopic (exact) mass is 281 g/mol. The molecule has 0 saturated heterocycles. The lowest BCUT2D eigenvalue weighted by molar-refractivity contribution is -0.00485. The van der Waals surface area contributed by atoms with Gasteiger partial charge in [-0.25, -0.2) is 4.79 Å². The van der Waals surface area contributed by atoms with Crippen molar-refractivity contribution in [3.8, 4) is 0 Å². The highest BCUT2D eigenvalue weighted by Crippen LogP contribution is 2.31. The van der Waals surface area contributed by atoms with Gasteiger partial charge in [0.2, 0.25) is 0 Å². The van der Waals surface area contributed by atoms with Crippen LogP contribution in [0, 0.1) is 0 Å². The van der Waals surface area contributed by atoms with Crippen molar-refractivity contribution in [1.29, 1.82) is 0 Å². The van der Waals surface area contributed by atoms with Crippen molar-refractivity contribution in [2.75, 3.05) is 0 Å². The second kappa shape index (κ2) is 6.82. The normalized spacial score (nSPS) is 22.6. The zero-order valence-corrected chi connectivity index (χ0v) is 13.5. The largest absolute Gasteiger partial charge is 0.444 e. The van der Waals surface area contributed by atoms with Crippen LogP contribution in [0.1, 0.15) is 85.0 Å². The van der Waals surface area contributed by atoms with Crippen molar-refractivity contribution in [3.63, 3.8) is 0 Å². The van der Waals surface area contributed by atoms with E-state index in [-0.39, 0.29) is 6.09 Å². The van der Waals surface area contributed by atoms with E-state index in [1.54, 1.807) is 0 Å². The first-order chi connectivity index (χ1) is 9.47. The fraction of sp³-hybridized carbons (Fsp3) is 0.941. The summed E-state index contributed by atoms with van der Waals surface area (Å²) in [5.74, 6) is 0. The average Bonchev–Trinajstić information content (AvgIpc) is 2.39. The van der Waals surface area contributed by atoms with E-state index in [2.05, 4.69) is 4.90 Å². The molecule has 0 N–H and O–H groups in total.